The summed E-state index contributed by atoms with van der Waals surface area (Å²) in [6, 6.07) is 15.0. The first-order chi connectivity index (χ1) is 15.7. The number of fused-ring (bicyclic) bond motifs is 1. The quantitative estimate of drug-likeness (QED) is 0.279. The van der Waals surface area contributed by atoms with E-state index in [4.69, 9.17) is 25.8 Å². The number of halogens is 1. The molecule has 0 fully saturated rings. The topological polar surface area (TPSA) is 95.4 Å². The Morgan fingerprint density at radius 3 is 2.62 bits per heavy atom. The Morgan fingerprint density at radius 2 is 1.88 bits per heavy atom. The predicted molar refractivity (Wildman–Crippen MR) is 118 cm³/mol. The zero-order chi connectivity index (χ0) is 22.1. The van der Waals surface area contributed by atoms with E-state index in [1.54, 1.807) is 29.9 Å². The van der Waals surface area contributed by atoms with E-state index in [1.807, 2.05) is 42.5 Å². The van der Waals surface area contributed by atoms with Gasteiger partial charge in [0.15, 0.2) is 11.5 Å². The van der Waals surface area contributed by atoms with E-state index in [9.17, 15) is 4.79 Å². The van der Waals surface area contributed by atoms with Gasteiger partial charge in [-0.15, -0.1) is 0 Å². The average Bonchev–Trinajstić information content (AvgIpc) is 3.48. The van der Waals surface area contributed by atoms with Gasteiger partial charge in [0.1, 0.15) is 11.3 Å². The van der Waals surface area contributed by atoms with Crippen molar-refractivity contribution in [2.24, 2.45) is 0 Å². The average molecular weight is 446 g/mol. The molecule has 8 nitrogen and oxygen atoms in total. The zero-order valence-electron chi connectivity index (χ0n) is 16.9. The van der Waals surface area contributed by atoms with Crippen LogP contribution in [-0.2, 0) is 4.74 Å². The van der Waals surface area contributed by atoms with Crippen LogP contribution < -0.4 is 0 Å². The lowest BCUT2D eigenvalue weighted by atomic mass is 10.0. The molecule has 0 N–H and O–H groups in total. The minimum absolute atomic E-state index is 0.0717. The molecule has 0 aliphatic rings. The molecule has 5 rings (SSSR count). The van der Waals surface area contributed by atoms with Gasteiger partial charge >= 0.3 is 5.97 Å². The molecule has 0 saturated heterocycles. The molecule has 32 heavy (non-hydrogen) atoms. The fourth-order valence-electron chi connectivity index (χ4n) is 3.41. The molecule has 0 bridgehead atoms. The maximum atomic E-state index is 11.9. The molecular weight excluding hydrogens is 430 g/mol. The second-order valence-corrected chi connectivity index (χ2v) is 7.16. The Kier molecular flexibility index (Phi) is 5.12. The number of hydrogen-bond acceptors (Lipinski definition) is 7. The maximum Gasteiger partial charge on any atom is 0.360 e. The Labute approximate surface area is 187 Å². The third-order valence-corrected chi connectivity index (χ3v) is 5.10. The van der Waals surface area contributed by atoms with Crippen molar-refractivity contribution in [3.63, 3.8) is 0 Å². The largest absolute Gasteiger partial charge is 0.461 e. The van der Waals surface area contributed by atoms with Gasteiger partial charge in [-0.1, -0.05) is 35.5 Å². The van der Waals surface area contributed by atoms with Crippen LogP contribution in [0.25, 0.3) is 39.5 Å². The molecule has 9 heteroatoms. The minimum Gasteiger partial charge on any atom is -0.461 e. The summed E-state index contributed by atoms with van der Waals surface area (Å²) in [5.41, 5.74) is 4.38. The van der Waals surface area contributed by atoms with Crippen molar-refractivity contribution >= 4 is 23.2 Å². The molecule has 0 unspecified atom stereocenters. The van der Waals surface area contributed by atoms with Gasteiger partial charge in [-0.05, 0) is 36.2 Å². The summed E-state index contributed by atoms with van der Waals surface area (Å²) in [5.74, 6) is -0.246. The number of benzene rings is 1. The summed E-state index contributed by atoms with van der Waals surface area (Å²) in [5, 5.41) is 4.03. The fraction of sp³-hybridized carbons (Fsp3) is 0.0870. The molecular formula is C23H16ClN5O3. The summed E-state index contributed by atoms with van der Waals surface area (Å²) < 4.78 is 12.0. The van der Waals surface area contributed by atoms with Gasteiger partial charge in [-0.25, -0.2) is 14.8 Å². The van der Waals surface area contributed by atoms with Crippen LogP contribution in [0.2, 0.25) is 5.28 Å². The number of rotatable bonds is 5. The third-order valence-electron chi connectivity index (χ3n) is 4.83. The van der Waals surface area contributed by atoms with Crippen LogP contribution in [0.1, 0.15) is 17.4 Å². The van der Waals surface area contributed by atoms with E-state index < -0.39 is 5.97 Å². The molecule has 1 aromatic carbocycles. The van der Waals surface area contributed by atoms with E-state index in [0.717, 1.165) is 16.7 Å². The van der Waals surface area contributed by atoms with Gasteiger partial charge < -0.3 is 9.26 Å². The summed E-state index contributed by atoms with van der Waals surface area (Å²) in [7, 11) is 0. The maximum absolute atomic E-state index is 11.9. The summed E-state index contributed by atoms with van der Waals surface area (Å²) in [4.78, 5) is 25.5. The van der Waals surface area contributed by atoms with Gasteiger partial charge in [0.2, 0.25) is 5.28 Å². The van der Waals surface area contributed by atoms with Gasteiger partial charge in [-0.3, -0.25) is 9.38 Å². The summed E-state index contributed by atoms with van der Waals surface area (Å²) >= 11 is 6.55. The number of imidazole rings is 1. The lowest BCUT2D eigenvalue weighted by molar-refractivity contribution is 0.0514. The third kappa shape index (κ3) is 3.50. The zero-order valence-corrected chi connectivity index (χ0v) is 17.7. The number of aromatic nitrogens is 5. The van der Waals surface area contributed by atoms with Gasteiger partial charge in [0.05, 0.1) is 17.9 Å². The Hall–Kier alpha value is -4.04. The van der Waals surface area contributed by atoms with E-state index in [-0.39, 0.29) is 17.6 Å². The highest BCUT2D eigenvalue weighted by molar-refractivity contribution is 6.29. The minimum atomic E-state index is -0.560. The van der Waals surface area contributed by atoms with E-state index >= 15 is 0 Å². The molecule has 158 valence electrons. The second kappa shape index (κ2) is 8.24. The van der Waals surface area contributed by atoms with Crippen molar-refractivity contribution in [1.29, 1.82) is 0 Å². The van der Waals surface area contributed by atoms with Gasteiger partial charge in [0, 0.05) is 30.2 Å². The van der Waals surface area contributed by atoms with Crippen molar-refractivity contribution in [2.45, 2.75) is 6.92 Å². The van der Waals surface area contributed by atoms with Crippen molar-refractivity contribution in [1.82, 2.24) is 24.5 Å². The number of carbonyl (C=O) groups excluding carboxylic acids is 1. The molecule has 5 aromatic rings. The number of esters is 1. The molecule has 0 atom stereocenters. The van der Waals surface area contributed by atoms with Crippen LogP contribution in [0.4, 0.5) is 0 Å². The summed E-state index contributed by atoms with van der Waals surface area (Å²) in [6.07, 6.45) is 5.11. The standard InChI is InChI=1S/C23H16ClN5O3/c1-2-31-22(30)16-12-18(32-28-16)17-13-29-21(26-17)19(14-8-10-25-11-9-14)20(27-23(29)24)15-6-4-3-5-7-15/h3-13H,2H2,1H3. The first kappa shape index (κ1) is 19.9. The van der Waals surface area contributed by atoms with E-state index in [1.165, 1.54) is 6.07 Å². The van der Waals surface area contributed by atoms with Crippen LogP contribution in [0.15, 0.2) is 71.6 Å². The number of pyridine rings is 1. The summed E-state index contributed by atoms with van der Waals surface area (Å²) in [6.45, 7) is 1.97. The number of nitrogens with zero attached hydrogens (tertiary/aromatic N) is 5. The molecule has 0 saturated carbocycles. The Bertz CT molecular complexity index is 1410. The van der Waals surface area contributed by atoms with Crippen LogP contribution in [0, 0.1) is 0 Å². The Balaban J connectivity index is 1.72. The smallest absolute Gasteiger partial charge is 0.360 e. The highest BCUT2D eigenvalue weighted by Crippen LogP contribution is 2.36. The first-order valence-corrected chi connectivity index (χ1v) is 10.2. The van der Waals surface area contributed by atoms with Crippen LogP contribution in [0.3, 0.4) is 0 Å². The SMILES string of the molecule is CCOC(=O)c1cc(-c2cn3c(Cl)nc(-c4ccccc4)c(-c4ccncc4)c3n2)on1. The van der Waals surface area contributed by atoms with Crippen molar-refractivity contribution in [3.05, 3.63) is 78.1 Å². The molecule has 0 aliphatic heterocycles. The molecule has 0 aliphatic carbocycles. The number of carbonyl (C=O) groups is 1. The molecule has 0 amide bonds. The highest BCUT2D eigenvalue weighted by Gasteiger charge is 2.22. The number of hydrogen-bond donors (Lipinski definition) is 0. The van der Waals surface area contributed by atoms with Crippen molar-refractivity contribution in [2.75, 3.05) is 6.61 Å². The Morgan fingerprint density at radius 1 is 1.09 bits per heavy atom. The molecule has 0 spiro atoms. The van der Waals surface area contributed by atoms with Crippen molar-refractivity contribution in [3.8, 4) is 33.8 Å². The lowest BCUT2D eigenvalue weighted by Crippen LogP contribution is -2.04. The van der Waals surface area contributed by atoms with Crippen LogP contribution >= 0.6 is 11.6 Å². The molecule has 4 aromatic heterocycles. The predicted octanol–water partition coefficient (Wildman–Crippen LogP) is 4.94. The fourth-order valence-corrected chi connectivity index (χ4v) is 3.62. The van der Waals surface area contributed by atoms with Crippen LogP contribution in [-0.4, -0.2) is 37.1 Å². The van der Waals surface area contributed by atoms with Gasteiger partial charge in [-0.2, -0.15) is 0 Å². The van der Waals surface area contributed by atoms with Crippen molar-refractivity contribution < 1.29 is 14.1 Å². The highest BCUT2D eigenvalue weighted by atomic mass is 35.5. The monoisotopic (exact) mass is 445 g/mol. The normalized spacial score (nSPS) is 11.1. The molecule has 0 radical (unpaired) electrons. The van der Waals surface area contributed by atoms with E-state index in [2.05, 4.69) is 15.1 Å². The van der Waals surface area contributed by atoms with Crippen LogP contribution in [0.5, 0.6) is 0 Å². The van der Waals surface area contributed by atoms with Gasteiger partial charge in [0.25, 0.3) is 0 Å². The molecule has 4 heterocycles. The van der Waals surface area contributed by atoms with E-state index in [0.29, 0.717) is 22.8 Å². The lowest BCUT2D eigenvalue weighted by Gasteiger charge is -2.12. The second-order valence-electron chi connectivity index (χ2n) is 6.82. The number of ether oxygens (including phenoxy) is 1. The first-order valence-electron chi connectivity index (χ1n) is 9.84.